The SMILES string of the molecule is C=C[C@@H]1OC[C@]2(COC(=O)Nc3ccccc3)[C@H](C)[C@H]1C(C)=C[C@@H]2C. The van der Waals surface area contributed by atoms with E-state index in [0.29, 0.717) is 25.0 Å². The smallest absolute Gasteiger partial charge is 0.411 e. The number of amides is 1. The number of para-hydroxylation sites is 1. The predicted molar refractivity (Wildman–Crippen MR) is 99.4 cm³/mol. The number of anilines is 1. The van der Waals surface area contributed by atoms with Crippen LogP contribution in [0.25, 0.3) is 0 Å². The van der Waals surface area contributed by atoms with Crippen molar-refractivity contribution >= 4 is 11.8 Å². The number of nitrogens with one attached hydrogen (secondary N) is 1. The number of hydrogen-bond donors (Lipinski definition) is 1. The van der Waals surface area contributed by atoms with Gasteiger partial charge in [-0.15, -0.1) is 6.58 Å². The van der Waals surface area contributed by atoms with Crippen molar-refractivity contribution < 1.29 is 14.3 Å². The third kappa shape index (κ3) is 3.23. The second kappa shape index (κ2) is 7.04. The molecule has 1 saturated heterocycles. The average Bonchev–Trinajstić information content (AvgIpc) is 2.59. The molecule has 1 N–H and O–H groups in total. The molecule has 0 radical (unpaired) electrons. The topological polar surface area (TPSA) is 47.6 Å². The first kappa shape index (κ1) is 17.7. The minimum Gasteiger partial charge on any atom is -0.449 e. The molecule has 0 aromatic heterocycles. The van der Waals surface area contributed by atoms with Gasteiger partial charge in [0.25, 0.3) is 0 Å². The molecule has 0 saturated carbocycles. The van der Waals surface area contributed by atoms with Crippen LogP contribution in [-0.4, -0.2) is 25.4 Å². The van der Waals surface area contributed by atoms with E-state index in [1.54, 1.807) is 0 Å². The zero-order valence-corrected chi connectivity index (χ0v) is 15.2. The Morgan fingerprint density at radius 2 is 2.12 bits per heavy atom. The average molecular weight is 341 g/mol. The van der Waals surface area contributed by atoms with Crippen molar-refractivity contribution in [2.45, 2.75) is 26.9 Å². The standard InChI is InChI=1S/C21H27NO3/c1-5-18-19-14(2)11-15(3)21(12-24-18,16(19)4)13-25-20(23)22-17-9-7-6-8-10-17/h5-11,15-16,18-19H,1,12-13H2,2-4H3,(H,22,23)/t15-,16+,18-,19+,21+/m0/s1. The van der Waals surface area contributed by atoms with Gasteiger partial charge >= 0.3 is 6.09 Å². The van der Waals surface area contributed by atoms with Crippen LogP contribution in [0, 0.1) is 23.2 Å². The van der Waals surface area contributed by atoms with Gasteiger partial charge in [-0.1, -0.05) is 49.8 Å². The van der Waals surface area contributed by atoms with Crippen LogP contribution in [0.4, 0.5) is 10.5 Å². The van der Waals surface area contributed by atoms with Gasteiger partial charge in [-0.25, -0.2) is 4.79 Å². The van der Waals surface area contributed by atoms with Crippen LogP contribution in [0.2, 0.25) is 0 Å². The maximum absolute atomic E-state index is 12.2. The molecule has 2 bridgehead atoms. The quantitative estimate of drug-likeness (QED) is 0.811. The molecular weight excluding hydrogens is 314 g/mol. The van der Waals surface area contributed by atoms with Crippen LogP contribution in [0.15, 0.2) is 54.6 Å². The van der Waals surface area contributed by atoms with E-state index in [1.807, 2.05) is 36.4 Å². The van der Waals surface area contributed by atoms with E-state index in [0.717, 1.165) is 5.69 Å². The number of carbonyl (C=O) groups is 1. The van der Waals surface area contributed by atoms with E-state index in [-0.39, 0.29) is 17.4 Å². The highest BCUT2D eigenvalue weighted by atomic mass is 16.6. The monoisotopic (exact) mass is 341 g/mol. The first-order valence-electron chi connectivity index (χ1n) is 8.89. The lowest BCUT2D eigenvalue weighted by atomic mass is 9.56. The summed E-state index contributed by atoms with van der Waals surface area (Å²) in [6.45, 7) is 11.4. The summed E-state index contributed by atoms with van der Waals surface area (Å²) in [5, 5.41) is 2.78. The molecule has 4 nitrogen and oxygen atoms in total. The Labute approximate surface area is 149 Å². The van der Waals surface area contributed by atoms with Crippen LogP contribution in [0.5, 0.6) is 0 Å². The second-order valence-electron chi connectivity index (χ2n) is 7.33. The Bertz CT molecular complexity index is 669. The molecule has 3 rings (SSSR count). The van der Waals surface area contributed by atoms with Crippen LogP contribution in [0.1, 0.15) is 20.8 Å². The fourth-order valence-electron chi connectivity index (χ4n) is 4.39. The first-order valence-corrected chi connectivity index (χ1v) is 8.89. The molecule has 4 heteroatoms. The lowest BCUT2D eigenvalue weighted by Gasteiger charge is -2.54. The maximum Gasteiger partial charge on any atom is 0.411 e. The van der Waals surface area contributed by atoms with Crippen molar-refractivity contribution in [2.24, 2.45) is 23.2 Å². The van der Waals surface area contributed by atoms with E-state index in [9.17, 15) is 4.79 Å². The Morgan fingerprint density at radius 1 is 1.40 bits per heavy atom. The third-order valence-corrected chi connectivity index (χ3v) is 6.01. The molecule has 0 unspecified atom stereocenters. The summed E-state index contributed by atoms with van der Waals surface area (Å²) in [4.78, 5) is 12.2. The zero-order valence-electron chi connectivity index (χ0n) is 15.2. The lowest BCUT2D eigenvalue weighted by Crippen LogP contribution is -2.56. The molecule has 5 atom stereocenters. The summed E-state index contributed by atoms with van der Waals surface area (Å²) in [5.41, 5.74) is 1.88. The van der Waals surface area contributed by atoms with Crippen molar-refractivity contribution in [3.8, 4) is 0 Å². The van der Waals surface area contributed by atoms with Crippen LogP contribution >= 0.6 is 0 Å². The zero-order chi connectivity index (χ0) is 18.0. The van der Waals surface area contributed by atoms with Crippen molar-refractivity contribution in [1.29, 1.82) is 0 Å². The van der Waals surface area contributed by atoms with E-state index < -0.39 is 6.09 Å². The summed E-state index contributed by atoms with van der Waals surface area (Å²) >= 11 is 0. The summed E-state index contributed by atoms with van der Waals surface area (Å²) < 4.78 is 11.7. The Balaban J connectivity index is 1.72. The largest absolute Gasteiger partial charge is 0.449 e. The molecule has 1 heterocycles. The van der Waals surface area contributed by atoms with Crippen molar-refractivity contribution in [1.82, 2.24) is 0 Å². The minimum atomic E-state index is -0.423. The van der Waals surface area contributed by atoms with Crippen LogP contribution < -0.4 is 5.32 Å². The van der Waals surface area contributed by atoms with E-state index >= 15 is 0 Å². The van der Waals surface area contributed by atoms with Gasteiger partial charge in [0, 0.05) is 17.0 Å². The van der Waals surface area contributed by atoms with Gasteiger partial charge in [0.1, 0.15) is 6.61 Å². The highest BCUT2D eigenvalue weighted by Crippen LogP contribution is 2.52. The second-order valence-corrected chi connectivity index (χ2v) is 7.33. The molecule has 2 aliphatic rings. The summed E-state index contributed by atoms with van der Waals surface area (Å²) in [6.07, 6.45) is 3.81. The van der Waals surface area contributed by atoms with Gasteiger partial charge in [0.15, 0.2) is 0 Å². The molecule has 1 fully saturated rings. The van der Waals surface area contributed by atoms with Gasteiger partial charge in [-0.3, -0.25) is 5.32 Å². The summed E-state index contributed by atoms with van der Waals surface area (Å²) in [7, 11) is 0. The van der Waals surface area contributed by atoms with Crippen LogP contribution in [0.3, 0.4) is 0 Å². The molecule has 0 spiro atoms. The molecular formula is C21H27NO3. The van der Waals surface area contributed by atoms with Crippen molar-refractivity contribution in [2.75, 3.05) is 18.5 Å². The van der Waals surface area contributed by atoms with Crippen LogP contribution in [-0.2, 0) is 9.47 Å². The number of ether oxygens (including phenoxy) is 2. The molecule has 1 aliphatic carbocycles. The predicted octanol–water partition coefficient (Wildman–Crippen LogP) is 4.65. The lowest BCUT2D eigenvalue weighted by molar-refractivity contribution is -0.148. The van der Waals surface area contributed by atoms with Crippen molar-refractivity contribution in [3.63, 3.8) is 0 Å². The molecule has 25 heavy (non-hydrogen) atoms. The Morgan fingerprint density at radius 3 is 2.80 bits per heavy atom. The minimum absolute atomic E-state index is 0.0324. The van der Waals surface area contributed by atoms with Gasteiger partial charge in [0.2, 0.25) is 0 Å². The molecule has 1 aromatic rings. The summed E-state index contributed by atoms with van der Waals surface area (Å²) in [5.74, 6) is 0.936. The number of fused-ring (bicyclic) bond motifs is 2. The van der Waals surface area contributed by atoms with Gasteiger partial charge in [-0.2, -0.15) is 0 Å². The van der Waals surface area contributed by atoms with Gasteiger partial charge < -0.3 is 9.47 Å². The number of carbonyl (C=O) groups excluding carboxylic acids is 1. The molecule has 1 aliphatic heterocycles. The normalized spacial score (nSPS) is 34.0. The fraction of sp³-hybridized carbons (Fsp3) is 0.476. The number of hydrogen-bond acceptors (Lipinski definition) is 3. The summed E-state index contributed by atoms with van der Waals surface area (Å²) in [6, 6.07) is 9.34. The first-order chi connectivity index (χ1) is 12.0. The van der Waals surface area contributed by atoms with Gasteiger partial charge in [-0.05, 0) is 30.9 Å². The highest BCUT2D eigenvalue weighted by Gasteiger charge is 2.53. The van der Waals surface area contributed by atoms with E-state index in [1.165, 1.54) is 5.57 Å². The Kier molecular flexibility index (Phi) is 5.00. The number of rotatable bonds is 4. The van der Waals surface area contributed by atoms with E-state index in [2.05, 4.69) is 38.7 Å². The van der Waals surface area contributed by atoms with Gasteiger partial charge in [0.05, 0.1) is 12.7 Å². The molecule has 1 amide bonds. The number of benzene rings is 1. The number of allylic oxidation sites excluding steroid dienone is 1. The highest BCUT2D eigenvalue weighted by molar-refractivity contribution is 5.84. The van der Waals surface area contributed by atoms with Crippen molar-refractivity contribution in [3.05, 3.63) is 54.6 Å². The molecule has 134 valence electrons. The Hall–Kier alpha value is -2.07. The third-order valence-electron chi connectivity index (χ3n) is 6.01. The fourth-order valence-corrected chi connectivity index (χ4v) is 4.39. The van der Waals surface area contributed by atoms with E-state index in [4.69, 9.17) is 9.47 Å². The maximum atomic E-state index is 12.2. The molecule has 1 aromatic carbocycles.